The van der Waals surface area contributed by atoms with Crippen LogP contribution in [-0.2, 0) is 0 Å². The lowest BCUT2D eigenvalue weighted by Crippen LogP contribution is -1.91. The summed E-state index contributed by atoms with van der Waals surface area (Å²) >= 11 is 0. The summed E-state index contributed by atoms with van der Waals surface area (Å²) in [6, 6.07) is 9.87. The zero-order valence-corrected chi connectivity index (χ0v) is 8.79. The van der Waals surface area contributed by atoms with Crippen LogP contribution in [0.1, 0.15) is 11.1 Å². The van der Waals surface area contributed by atoms with Crippen LogP contribution in [0.4, 0.5) is 4.39 Å². The number of aromatic nitrogens is 1. The molecule has 15 heavy (non-hydrogen) atoms. The maximum atomic E-state index is 13.2. The van der Waals surface area contributed by atoms with Crippen molar-refractivity contribution in [2.75, 3.05) is 0 Å². The molecule has 0 aliphatic carbocycles. The highest BCUT2D eigenvalue weighted by Gasteiger charge is 2.05. The van der Waals surface area contributed by atoms with Gasteiger partial charge in [0.2, 0.25) is 5.95 Å². The maximum absolute atomic E-state index is 13.2. The Morgan fingerprint density at radius 3 is 2.33 bits per heavy atom. The van der Waals surface area contributed by atoms with Gasteiger partial charge in [-0.3, -0.25) is 0 Å². The van der Waals surface area contributed by atoms with Gasteiger partial charge in [-0.25, -0.2) is 4.98 Å². The van der Waals surface area contributed by atoms with E-state index in [1.54, 1.807) is 6.92 Å². The molecule has 76 valence electrons. The number of benzene rings is 1. The van der Waals surface area contributed by atoms with Crippen molar-refractivity contribution in [1.29, 1.82) is 0 Å². The Bertz CT molecular complexity index is 474. The summed E-state index contributed by atoms with van der Waals surface area (Å²) in [7, 11) is 0. The minimum atomic E-state index is -0.395. The highest BCUT2D eigenvalue weighted by Crippen LogP contribution is 2.23. The minimum absolute atomic E-state index is 0.395. The normalized spacial score (nSPS) is 10.3. The van der Waals surface area contributed by atoms with E-state index in [2.05, 4.69) is 4.98 Å². The molecule has 1 nitrogen and oxygen atoms in total. The summed E-state index contributed by atoms with van der Waals surface area (Å²) in [6.45, 7) is 3.78. The van der Waals surface area contributed by atoms with Gasteiger partial charge in [0.1, 0.15) is 0 Å². The third kappa shape index (κ3) is 1.89. The smallest absolute Gasteiger partial charge is 0.216 e. The van der Waals surface area contributed by atoms with Gasteiger partial charge in [-0.05, 0) is 31.0 Å². The summed E-state index contributed by atoms with van der Waals surface area (Å²) in [4.78, 5) is 3.62. The second-order valence-electron chi connectivity index (χ2n) is 3.64. The second-order valence-corrected chi connectivity index (χ2v) is 3.64. The number of hydrogen-bond acceptors (Lipinski definition) is 1. The van der Waals surface area contributed by atoms with E-state index < -0.39 is 5.95 Å². The van der Waals surface area contributed by atoms with E-state index in [1.165, 1.54) is 11.8 Å². The van der Waals surface area contributed by atoms with E-state index in [-0.39, 0.29) is 0 Å². The molecule has 1 aromatic heterocycles. The SMILES string of the molecule is Cc1ccc(-c2ccnc(F)c2C)cc1. The van der Waals surface area contributed by atoms with E-state index >= 15 is 0 Å². The minimum Gasteiger partial charge on any atom is -0.228 e. The van der Waals surface area contributed by atoms with Crippen LogP contribution in [0.5, 0.6) is 0 Å². The molecule has 1 heterocycles. The Hall–Kier alpha value is -1.70. The zero-order valence-electron chi connectivity index (χ0n) is 8.79. The quantitative estimate of drug-likeness (QED) is 0.643. The molecule has 0 radical (unpaired) electrons. The van der Waals surface area contributed by atoms with Crippen LogP contribution in [0, 0.1) is 19.8 Å². The van der Waals surface area contributed by atoms with Crippen molar-refractivity contribution in [3.05, 3.63) is 53.6 Å². The van der Waals surface area contributed by atoms with Crippen molar-refractivity contribution in [3.8, 4) is 11.1 Å². The standard InChI is InChI=1S/C13H12FN/c1-9-3-5-11(6-4-9)12-7-8-15-13(14)10(12)2/h3-8H,1-2H3. The molecule has 0 unspecified atom stereocenters. The summed E-state index contributed by atoms with van der Waals surface area (Å²) < 4.78 is 13.2. The number of aryl methyl sites for hydroxylation is 1. The van der Waals surface area contributed by atoms with Crippen LogP contribution in [0.2, 0.25) is 0 Å². The fourth-order valence-corrected chi connectivity index (χ4v) is 1.56. The second kappa shape index (κ2) is 3.81. The van der Waals surface area contributed by atoms with Crippen molar-refractivity contribution in [3.63, 3.8) is 0 Å². The first kappa shape index (κ1) is 9.84. The number of hydrogen-bond donors (Lipinski definition) is 0. The lowest BCUT2D eigenvalue weighted by Gasteiger charge is -2.06. The van der Waals surface area contributed by atoms with Gasteiger partial charge >= 0.3 is 0 Å². The molecule has 0 spiro atoms. The molecule has 0 saturated heterocycles. The summed E-state index contributed by atoms with van der Waals surface area (Å²) in [5.41, 5.74) is 3.73. The molecule has 2 heteroatoms. The van der Waals surface area contributed by atoms with Crippen molar-refractivity contribution in [2.45, 2.75) is 13.8 Å². The molecule has 0 N–H and O–H groups in total. The van der Waals surface area contributed by atoms with Gasteiger partial charge in [0.05, 0.1) is 0 Å². The Morgan fingerprint density at radius 1 is 1.00 bits per heavy atom. The fraction of sp³-hybridized carbons (Fsp3) is 0.154. The van der Waals surface area contributed by atoms with Crippen LogP contribution in [0.15, 0.2) is 36.5 Å². The Kier molecular flexibility index (Phi) is 2.50. The van der Waals surface area contributed by atoms with E-state index in [1.807, 2.05) is 37.3 Å². The zero-order chi connectivity index (χ0) is 10.8. The third-order valence-corrected chi connectivity index (χ3v) is 2.51. The molecule has 0 atom stereocenters. The van der Waals surface area contributed by atoms with Crippen LogP contribution in [0.3, 0.4) is 0 Å². The first-order valence-electron chi connectivity index (χ1n) is 4.86. The van der Waals surface area contributed by atoms with Gasteiger partial charge in [0, 0.05) is 11.8 Å². The van der Waals surface area contributed by atoms with E-state index in [4.69, 9.17) is 0 Å². The highest BCUT2D eigenvalue weighted by molar-refractivity contribution is 5.66. The van der Waals surface area contributed by atoms with E-state index in [0.717, 1.165) is 11.1 Å². The summed E-state index contributed by atoms with van der Waals surface area (Å²) in [6.07, 6.45) is 1.50. The molecular weight excluding hydrogens is 189 g/mol. The Balaban J connectivity index is 2.54. The monoisotopic (exact) mass is 201 g/mol. The highest BCUT2D eigenvalue weighted by atomic mass is 19.1. The molecule has 1 aromatic carbocycles. The lowest BCUT2D eigenvalue weighted by molar-refractivity contribution is 0.575. The predicted octanol–water partition coefficient (Wildman–Crippen LogP) is 3.50. The number of rotatable bonds is 1. The van der Waals surface area contributed by atoms with Crippen molar-refractivity contribution in [2.24, 2.45) is 0 Å². The van der Waals surface area contributed by atoms with E-state index in [9.17, 15) is 4.39 Å². The average molecular weight is 201 g/mol. The average Bonchev–Trinajstić information content (AvgIpc) is 2.24. The van der Waals surface area contributed by atoms with E-state index in [0.29, 0.717) is 5.56 Å². The van der Waals surface area contributed by atoms with Gasteiger partial charge in [0.25, 0.3) is 0 Å². The number of halogens is 1. The van der Waals surface area contributed by atoms with Gasteiger partial charge < -0.3 is 0 Å². The molecule has 0 bridgehead atoms. The van der Waals surface area contributed by atoms with Crippen molar-refractivity contribution in [1.82, 2.24) is 4.98 Å². The molecule has 0 aliphatic heterocycles. The molecule has 2 aromatic rings. The van der Waals surface area contributed by atoms with Crippen molar-refractivity contribution >= 4 is 0 Å². The van der Waals surface area contributed by atoms with Gasteiger partial charge in [0.15, 0.2) is 0 Å². The Morgan fingerprint density at radius 2 is 1.67 bits per heavy atom. The third-order valence-electron chi connectivity index (χ3n) is 2.51. The molecule has 0 fully saturated rings. The molecule has 2 rings (SSSR count). The van der Waals surface area contributed by atoms with Crippen LogP contribution >= 0.6 is 0 Å². The Labute approximate surface area is 88.6 Å². The molecule has 0 saturated carbocycles. The van der Waals surface area contributed by atoms with Crippen LogP contribution < -0.4 is 0 Å². The summed E-state index contributed by atoms with van der Waals surface area (Å²) in [5, 5.41) is 0. The maximum Gasteiger partial charge on any atom is 0.216 e. The first-order valence-corrected chi connectivity index (χ1v) is 4.86. The van der Waals surface area contributed by atoms with Crippen molar-refractivity contribution < 1.29 is 4.39 Å². The summed E-state index contributed by atoms with van der Waals surface area (Å²) in [5.74, 6) is -0.395. The molecule has 0 amide bonds. The van der Waals surface area contributed by atoms with Crippen LogP contribution in [0.25, 0.3) is 11.1 Å². The van der Waals surface area contributed by atoms with Crippen LogP contribution in [-0.4, -0.2) is 4.98 Å². The molecular formula is C13H12FN. The largest absolute Gasteiger partial charge is 0.228 e. The van der Waals surface area contributed by atoms with Gasteiger partial charge in [-0.1, -0.05) is 29.8 Å². The predicted molar refractivity (Wildman–Crippen MR) is 59.1 cm³/mol. The topological polar surface area (TPSA) is 12.9 Å². The number of nitrogens with zero attached hydrogens (tertiary/aromatic N) is 1. The van der Waals surface area contributed by atoms with Gasteiger partial charge in [-0.15, -0.1) is 0 Å². The lowest BCUT2D eigenvalue weighted by atomic mass is 10.0. The molecule has 0 aliphatic rings. The number of pyridine rings is 1. The fourth-order valence-electron chi connectivity index (χ4n) is 1.56. The first-order chi connectivity index (χ1) is 7.18. The van der Waals surface area contributed by atoms with Gasteiger partial charge in [-0.2, -0.15) is 4.39 Å².